The van der Waals surface area contributed by atoms with Crippen molar-refractivity contribution in [3.63, 3.8) is 0 Å². The molecule has 0 saturated carbocycles. The van der Waals surface area contributed by atoms with Crippen LogP contribution in [-0.2, 0) is 0 Å². The quantitative estimate of drug-likeness (QED) is 0.143. The fraction of sp³-hybridized carbons (Fsp3) is 0.0244. The van der Waals surface area contributed by atoms with E-state index in [0.717, 1.165) is 25.2 Å². The molecular weight excluding hydrogens is 719 g/mol. The number of nitrogens with two attached hydrogens (primary N) is 1. The molecule has 0 saturated heterocycles. The van der Waals surface area contributed by atoms with Crippen LogP contribution in [0.4, 0.5) is 28.7 Å². The van der Waals surface area contributed by atoms with Crippen LogP contribution >= 0.6 is 11.8 Å². The van der Waals surface area contributed by atoms with E-state index in [1.165, 1.54) is 54.4 Å². The summed E-state index contributed by atoms with van der Waals surface area (Å²) in [7, 11) is 0. The number of amides is 6. The largest absolute Gasteiger partial charge is 0.397 e. The van der Waals surface area contributed by atoms with Gasteiger partial charge in [0.25, 0.3) is 35.4 Å². The molecule has 2 aliphatic heterocycles. The van der Waals surface area contributed by atoms with Crippen molar-refractivity contribution >= 4 is 75.9 Å². The van der Waals surface area contributed by atoms with Crippen molar-refractivity contribution in [2.24, 2.45) is 0 Å². The Kier molecular flexibility index (Phi) is 8.71. The number of anilines is 5. The lowest BCUT2D eigenvalue weighted by Crippen LogP contribution is -2.29. The molecule has 0 radical (unpaired) electrons. The van der Waals surface area contributed by atoms with Gasteiger partial charge in [0, 0.05) is 27.1 Å². The highest BCUT2D eigenvalue weighted by molar-refractivity contribution is 7.99. The van der Waals surface area contributed by atoms with Crippen molar-refractivity contribution in [2.45, 2.75) is 16.7 Å². The van der Waals surface area contributed by atoms with Crippen LogP contribution in [0.1, 0.15) is 67.7 Å². The molecule has 0 spiro atoms. The highest BCUT2D eigenvalue weighted by Gasteiger charge is 2.38. The average Bonchev–Trinajstić information content (AvgIpc) is 3.60. The molecule has 2 aromatic heterocycles. The van der Waals surface area contributed by atoms with Crippen LogP contribution in [0.3, 0.4) is 0 Å². The number of carbonyl (C=O) groups is 6. The predicted molar refractivity (Wildman–Crippen MR) is 206 cm³/mol. The molecule has 13 nitrogen and oxygen atoms in total. The third kappa shape index (κ3) is 6.57. The minimum atomic E-state index is -0.552. The second-order valence-electron chi connectivity index (χ2n) is 12.6. The molecule has 4 N–H and O–H groups in total. The van der Waals surface area contributed by atoms with Gasteiger partial charge in [-0.3, -0.25) is 28.8 Å². The fourth-order valence-corrected chi connectivity index (χ4v) is 6.91. The Morgan fingerprint density at radius 2 is 0.982 bits per heavy atom. The number of nitrogen functional groups attached to an aromatic ring is 1. The number of carbonyl (C=O) groups excluding carboxylic acids is 6. The third-order valence-corrected chi connectivity index (χ3v) is 9.92. The molecule has 0 atom stereocenters. The lowest BCUT2D eigenvalue weighted by atomic mass is 10.1. The van der Waals surface area contributed by atoms with Gasteiger partial charge in [-0.2, -0.15) is 0 Å². The number of aromatic nitrogens is 2. The van der Waals surface area contributed by atoms with Crippen LogP contribution in [0, 0.1) is 6.92 Å². The Morgan fingerprint density at radius 1 is 0.545 bits per heavy atom. The van der Waals surface area contributed by atoms with E-state index < -0.39 is 35.4 Å². The number of fused-ring (bicyclic) bond motifs is 2. The second kappa shape index (κ2) is 13.8. The zero-order valence-electron chi connectivity index (χ0n) is 28.8. The second-order valence-corrected chi connectivity index (χ2v) is 13.8. The van der Waals surface area contributed by atoms with Gasteiger partial charge in [-0.1, -0.05) is 17.8 Å². The number of nitrogens with zero attached hydrogens (tertiary/aromatic N) is 4. The first kappa shape index (κ1) is 34.6. The van der Waals surface area contributed by atoms with Crippen LogP contribution in [0.25, 0.3) is 0 Å². The Bertz CT molecular complexity index is 2410. The van der Waals surface area contributed by atoms with E-state index in [2.05, 4.69) is 20.6 Å². The first-order chi connectivity index (χ1) is 26.5. The molecule has 4 aromatic carbocycles. The summed E-state index contributed by atoms with van der Waals surface area (Å²) in [6, 6.07) is 29.0. The molecule has 6 aromatic rings. The van der Waals surface area contributed by atoms with Crippen LogP contribution in [0.5, 0.6) is 0 Å². The fourth-order valence-electron chi connectivity index (χ4n) is 6.09. The summed E-state index contributed by atoms with van der Waals surface area (Å²) < 4.78 is 0. The number of pyridine rings is 2. The molecule has 4 heterocycles. The number of rotatable bonds is 8. The van der Waals surface area contributed by atoms with Crippen molar-refractivity contribution in [1.29, 1.82) is 0 Å². The molecule has 0 fully saturated rings. The smallest absolute Gasteiger partial charge is 0.266 e. The Balaban J connectivity index is 0.918. The first-order valence-electron chi connectivity index (χ1n) is 16.7. The predicted octanol–water partition coefficient (Wildman–Crippen LogP) is 6.62. The van der Waals surface area contributed by atoms with Crippen molar-refractivity contribution < 1.29 is 28.8 Å². The Hall–Kier alpha value is -7.45. The Morgan fingerprint density at radius 3 is 1.40 bits per heavy atom. The van der Waals surface area contributed by atoms with Gasteiger partial charge in [0.1, 0.15) is 11.6 Å². The maximum Gasteiger partial charge on any atom is 0.266 e. The highest BCUT2D eigenvalue weighted by atomic mass is 32.2. The van der Waals surface area contributed by atoms with E-state index in [9.17, 15) is 28.8 Å². The number of nitrogens with one attached hydrogen (secondary N) is 2. The zero-order valence-corrected chi connectivity index (χ0v) is 29.6. The summed E-state index contributed by atoms with van der Waals surface area (Å²) in [5, 5.41) is 5.34. The van der Waals surface area contributed by atoms with Crippen molar-refractivity contribution in [3.8, 4) is 0 Å². The van der Waals surface area contributed by atoms with Crippen LogP contribution < -0.4 is 26.2 Å². The standard InChI is InChI=1S/C41H27N7O6S/c1-22-2-16-34(43-20-22)45-36(49)23-3-14-30-32(18-23)40(53)47(38(30)51)26-6-10-28(11-7-26)55-29-12-8-27(9-13-29)48-39(52)31-15-4-24(19-33(31)41(48)54)37(50)46-35-17-5-25(42)21-44-35/h2-21H,42H2,1H3,(H,43,45,49)(H,44,46,50). The number of benzene rings is 4. The SMILES string of the molecule is Cc1ccc(NC(=O)c2ccc3c(c2)C(=O)N(c2ccc(Sc4ccc(N5C(=O)c6ccc(C(=O)Nc7ccc(N)cn7)cc6C5=O)cc4)cc2)C3=O)nc1. The molecule has 6 amide bonds. The molecule has 0 aliphatic carbocycles. The molecule has 0 unspecified atom stereocenters. The zero-order chi connectivity index (χ0) is 38.4. The summed E-state index contributed by atoms with van der Waals surface area (Å²) in [6.07, 6.45) is 3.04. The molecule has 55 heavy (non-hydrogen) atoms. The van der Waals surface area contributed by atoms with E-state index in [-0.39, 0.29) is 39.2 Å². The monoisotopic (exact) mass is 745 g/mol. The average molecular weight is 746 g/mol. The van der Waals surface area contributed by atoms with Gasteiger partial charge in [0.05, 0.1) is 45.5 Å². The number of hydrogen-bond donors (Lipinski definition) is 3. The van der Waals surface area contributed by atoms with Crippen molar-refractivity contribution in [2.75, 3.05) is 26.2 Å². The maximum atomic E-state index is 13.4. The Labute approximate surface area is 317 Å². The summed E-state index contributed by atoms with van der Waals surface area (Å²) in [6.45, 7) is 1.88. The van der Waals surface area contributed by atoms with Gasteiger partial charge in [0.2, 0.25) is 0 Å². The molecule has 8 rings (SSSR count). The first-order valence-corrected chi connectivity index (χ1v) is 17.6. The van der Waals surface area contributed by atoms with E-state index in [1.807, 2.05) is 13.0 Å². The molecule has 0 bridgehead atoms. The maximum absolute atomic E-state index is 13.4. The van der Waals surface area contributed by atoms with Crippen molar-refractivity contribution in [3.05, 3.63) is 161 Å². The van der Waals surface area contributed by atoms with Gasteiger partial charge in [-0.15, -0.1) is 0 Å². The highest BCUT2D eigenvalue weighted by Crippen LogP contribution is 2.35. The normalized spacial score (nSPS) is 13.2. The van der Waals surface area contributed by atoms with Crippen LogP contribution in [0.15, 0.2) is 131 Å². The third-order valence-electron chi connectivity index (χ3n) is 8.90. The number of hydrogen-bond acceptors (Lipinski definition) is 10. The van der Waals surface area contributed by atoms with Crippen LogP contribution in [0.2, 0.25) is 0 Å². The van der Waals surface area contributed by atoms with Gasteiger partial charge in [0.15, 0.2) is 0 Å². The number of aryl methyl sites for hydroxylation is 1. The minimum absolute atomic E-state index is 0.112. The van der Waals surface area contributed by atoms with Gasteiger partial charge in [-0.25, -0.2) is 19.8 Å². The van der Waals surface area contributed by atoms with E-state index in [0.29, 0.717) is 22.9 Å². The van der Waals surface area contributed by atoms with Gasteiger partial charge >= 0.3 is 0 Å². The molecule has 2 aliphatic rings. The summed E-state index contributed by atoms with van der Waals surface area (Å²) >= 11 is 1.40. The van der Waals surface area contributed by atoms with Gasteiger partial charge in [-0.05, 0) is 116 Å². The molecule has 268 valence electrons. The summed E-state index contributed by atoms with van der Waals surface area (Å²) in [5.74, 6) is -2.39. The van der Waals surface area contributed by atoms with Crippen LogP contribution in [-0.4, -0.2) is 45.4 Å². The lowest BCUT2D eigenvalue weighted by Gasteiger charge is -2.15. The van der Waals surface area contributed by atoms with E-state index in [1.54, 1.807) is 72.9 Å². The van der Waals surface area contributed by atoms with Crippen molar-refractivity contribution in [1.82, 2.24) is 9.97 Å². The van der Waals surface area contributed by atoms with E-state index in [4.69, 9.17) is 5.73 Å². The van der Waals surface area contributed by atoms with E-state index >= 15 is 0 Å². The lowest BCUT2D eigenvalue weighted by molar-refractivity contribution is 0.0910. The molecular formula is C41H27N7O6S. The minimum Gasteiger partial charge on any atom is -0.397 e. The summed E-state index contributed by atoms with van der Waals surface area (Å²) in [4.78, 5) is 91.1. The number of imide groups is 2. The molecule has 14 heteroatoms. The topological polar surface area (TPSA) is 185 Å². The summed E-state index contributed by atoms with van der Waals surface area (Å²) in [5.41, 5.74) is 8.80. The van der Waals surface area contributed by atoms with Gasteiger partial charge < -0.3 is 16.4 Å².